The summed E-state index contributed by atoms with van der Waals surface area (Å²) in [5.41, 5.74) is 0. The second-order valence-corrected chi connectivity index (χ2v) is 3.22. The molecule has 3 heteroatoms. The highest BCUT2D eigenvalue weighted by Crippen LogP contribution is 1.96. The smallest absolute Gasteiger partial charge is 0.309 e. The van der Waals surface area contributed by atoms with Crippen LogP contribution < -0.4 is 5.32 Å². The molecule has 0 saturated heterocycles. The van der Waals surface area contributed by atoms with Gasteiger partial charge in [0.1, 0.15) is 0 Å². The fraction of sp³-hybridized carbons (Fsp3) is 0.889. The largest absolute Gasteiger partial charge is 0.466 e. The minimum Gasteiger partial charge on any atom is -0.466 e. The van der Waals surface area contributed by atoms with Gasteiger partial charge < -0.3 is 10.1 Å². The first-order valence-corrected chi connectivity index (χ1v) is 4.48. The zero-order valence-corrected chi connectivity index (χ0v) is 8.39. The highest BCUT2D eigenvalue weighted by molar-refractivity contribution is 5.72. The van der Waals surface area contributed by atoms with E-state index < -0.39 is 0 Å². The van der Waals surface area contributed by atoms with Crippen LogP contribution in [0.4, 0.5) is 0 Å². The Kier molecular flexibility index (Phi) is 5.72. The Morgan fingerprint density at radius 2 is 2.00 bits per heavy atom. The number of carbonyl (C=O) groups excluding carboxylic acids is 1. The first-order chi connectivity index (χ1) is 5.57. The van der Waals surface area contributed by atoms with Crippen LogP contribution in [-0.2, 0) is 9.53 Å². The summed E-state index contributed by atoms with van der Waals surface area (Å²) in [7, 11) is 0. The molecule has 1 N–H and O–H groups in total. The van der Waals surface area contributed by atoms with Gasteiger partial charge in [-0.15, -0.1) is 0 Å². The monoisotopic (exact) mass is 173 g/mol. The van der Waals surface area contributed by atoms with Crippen LogP contribution in [0.15, 0.2) is 0 Å². The summed E-state index contributed by atoms with van der Waals surface area (Å²) in [6.07, 6.45) is 0. The fourth-order valence-corrected chi connectivity index (χ4v) is 0.780. The molecule has 1 atom stereocenters. The van der Waals surface area contributed by atoms with E-state index in [4.69, 9.17) is 4.74 Å². The summed E-state index contributed by atoms with van der Waals surface area (Å²) in [6.45, 7) is 8.95. The van der Waals surface area contributed by atoms with E-state index >= 15 is 0 Å². The quantitative estimate of drug-likeness (QED) is 0.634. The molecule has 0 aromatic carbocycles. The number of hydrogen-bond acceptors (Lipinski definition) is 3. The van der Waals surface area contributed by atoms with Gasteiger partial charge in [-0.25, -0.2) is 0 Å². The Morgan fingerprint density at radius 3 is 2.42 bits per heavy atom. The second-order valence-electron chi connectivity index (χ2n) is 3.22. The molecule has 3 nitrogen and oxygen atoms in total. The molecule has 0 bridgehead atoms. The van der Waals surface area contributed by atoms with Crippen LogP contribution in [-0.4, -0.2) is 25.2 Å². The molecular formula is C9H19NO2. The maximum Gasteiger partial charge on any atom is 0.309 e. The van der Waals surface area contributed by atoms with Crippen molar-refractivity contribution in [2.24, 2.45) is 5.92 Å². The average Bonchev–Trinajstić information content (AvgIpc) is 2.00. The molecule has 0 aromatic heterocycles. The molecule has 0 spiro atoms. The first-order valence-electron chi connectivity index (χ1n) is 4.48. The zero-order valence-electron chi connectivity index (χ0n) is 8.39. The first kappa shape index (κ1) is 11.4. The Bertz CT molecular complexity index is 134. The minimum atomic E-state index is -0.120. The van der Waals surface area contributed by atoms with Crippen molar-refractivity contribution in [1.82, 2.24) is 5.32 Å². The number of rotatable bonds is 5. The molecule has 0 aliphatic carbocycles. The van der Waals surface area contributed by atoms with Gasteiger partial charge in [0, 0.05) is 12.6 Å². The van der Waals surface area contributed by atoms with Gasteiger partial charge in [-0.1, -0.05) is 20.8 Å². The number of hydrogen-bond donors (Lipinski definition) is 1. The van der Waals surface area contributed by atoms with Crippen LogP contribution in [0.1, 0.15) is 27.7 Å². The molecule has 0 amide bonds. The standard InChI is InChI=1S/C9H19NO2/c1-5-12-9(11)8(4)6-10-7(2)3/h7-8,10H,5-6H2,1-4H3. The molecule has 0 rings (SSSR count). The van der Waals surface area contributed by atoms with E-state index in [0.29, 0.717) is 19.2 Å². The number of nitrogens with one attached hydrogen (secondary N) is 1. The Morgan fingerprint density at radius 1 is 1.42 bits per heavy atom. The van der Waals surface area contributed by atoms with Crippen LogP contribution in [0, 0.1) is 5.92 Å². The summed E-state index contributed by atoms with van der Waals surface area (Å²) < 4.78 is 4.86. The van der Waals surface area contributed by atoms with Crippen molar-refractivity contribution in [2.75, 3.05) is 13.2 Å². The van der Waals surface area contributed by atoms with Crippen LogP contribution >= 0.6 is 0 Å². The minimum absolute atomic E-state index is 0.0488. The van der Waals surface area contributed by atoms with Gasteiger partial charge >= 0.3 is 5.97 Å². The number of carbonyl (C=O) groups is 1. The Balaban J connectivity index is 3.56. The predicted octanol–water partition coefficient (Wildman–Crippen LogP) is 1.18. The highest BCUT2D eigenvalue weighted by Gasteiger charge is 2.13. The van der Waals surface area contributed by atoms with Gasteiger partial charge in [0.2, 0.25) is 0 Å². The Labute approximate surface area is 74.5 Å². The summed E-state index contributed by atoms with van der Waals surface area (Å²) in [5, 5.41) is 3.18. The normalized spacial score (nSPS) is 13.1. The molecule has 12 heavy (non-hydrogen) atoms. The number of esters is 1. The van der Waals surface area contributed by atoms with Gasteiger partial charge in [0.15, 0.2) is 0 Å². The van der Waals surface area contributed by atoms with Crippen LogP contribution in [0.2, 0.25) is 0 Å². The molecule has 0 fully saturated rings. The van der Waals surface area contributed by atoms with E-state index in [9.17, 15) is 4.79 Å². The van der Waals surface area contributed by atoms with Crippen molar-refractivity contribution >= 4 is 5.97 Å². The van der Waals surface area contributed by atoms with E-state index in [1.807, 2.05) is 13.8 Å². The number of ether oxygens (including phenoxy) is 1. The van der Waals surface area contributed by atoms with Crippen molar-refractivity contribution in [1.29, 1.82) is 0 Å². The van der Waals surface area contributed by atoms with E-state index in [0.717, 1.165) is 0 Å². The van der Waals surface area contributed by atoms with E-state index in [1.54, 1.807) is 0 Å². The van der Waals surface area contributed by atoms with E-state index in [1.165, 1.54) is 0 Å². The van der Waals surface area contributed by atoms with Gasteiger partial charge in [0.25, 0.3) is 0 Å². The van der Waals surface area contributed by atoms with Gasteiger partial charge in [-0.05, 0) is 6.92 Å². The lowest BCUT2D eigenvalue weighted by atomic mass is 10.2. The third-order valence-electron chi connectivity index (χ3n) is 1.52. The van der Waals surface area contributed by atoms with Crippen molar-refractivity contribution in [3.63, 3.8) is 0 Å². The maximum atomic E-state index is 11.1. The third-order valence-corrected chi connectivity index (χ3v) is 1.52. The highest BCUT2D eigenvalue weighted by atomic mass is 16.5. The van der Waals surface area contributed by atoms with Crippen molar-refractivity contribution < 1.29 is 9.53 Å². The van der Waals surface area contributed by atoms with Gasteiger partial charge in [-0.3, -0.25) is 4.79 Å². The summed E-state index contributed by atoms with van der Waals surface area (Å²) in [4.78, 5) is 11.1. The molecule has 0 saturated carbocycles. The lowest BCUT2D eigenvalue weighted by Gasteiger charge is -2.13. The van der Waals surface area contributed by atoms with E-state index in [2.05, 4.69) is 19.2 Å². The zero-order chi connectivity index (χ0) is 9.56. The third kappa shape index (κ3) is 5.13. The molecule has 0 aliphatic rings. The molecule has 0 aromatic rings. The molecule has 0 heterocycles. The SMILES string of the molecule is CCOC(=O)C(C)CNC(C)C. The van der Waals surface area contributed by atoms with Crippen LogP contribution in [0.3, 0.4) is 0 Å². The molecule has 1 unspecified atom stereocenters. The maximum absolute atomic E-state index is 11.1. The molecule has 72 valence electrons. The lowest BCUT2D eigenvalue weighted by Crippen LogP contribution is -2.32. The topological polar surface area (TPSA) is 38.3 Å². The average molecular weight is 173 g/mol. The van der Waals surface area contributed by atoms with Crippen molar-refractivity contribution in [3.05, 3.63) is 0 Å². The van der Waals surface area contributed by atoms with Crippen molar-refractivity contribution in [3.8, 4) is 0 Å². The van der Waals surface area contributed by atoms with Crippen molar-refractivity contribution in [2.45, 2.75) is 33.7 Å². The Hall–Kier alpha value is -0.570. The van der Waals surface area contributed by atoms with Gasteiger partial charge in [-0.2, -0.15) is 0 Å². The molecule has 0 aliphatic heterocycles. The molecule has 0 radical (unpaired) electrons. The van der Waals surface area contributed by atoms with Gasteiger partial charge in [0.05, 0.1) is 12.5 Å². The lowest BCUT2D eigenvalue weighted by molar-refractivity contribution is -0.147. The van der Waals surface area contributed by atoms with Crippen LogP contribution in [0.5, 0.6) is 0 Å². The predicted molar refractivity (Wildman–Crippen MR) is 48.9 cm³/mol. The summed E-state index contributed by atoms with van der Waals surface area (Å²) >= 11 is 0. The molecular weight excluding hydrogens is 154 g/mol. The van der Waals surface area contributed by atoms with Crippen LogP contribution in [0.25, 0.3) is 0 Å². The second kappa shape index (κ2) is 6.00. The van der Waals surface area contributed by atoms with E-state index in [-0.39, 0.29) is 11.9 Å². The fourth-order valence-electron chi connectivity index (χ4n) is 0.780. The summed E-state index contributed by atoms with van der Waals surface area (Å²) in [6, 6.07) is 0.418. The summed E-state index contributed by atoms with van der Waals surface area (Å²) in [5.74, 6) is -0.169.